The fraction of sp³-hybridized carbons (Fsp3) is 0.688. The molecule has 31 heavy (non-hydrogen) atoms. The van der Waals surface area contributed by atoms with Crippen LogP contribution in [0.25, 0.3) is 0 Å². The molecule has 0 bridgehead atoms. The third-order valence-electron chi connectivity index (χ3n) is 3.25. The topological polar surface area (TPSA) is 178 Å². The van der Waals surface area contributed by atoms with Gasteiger partial charge in [0.2, 0.25) is 0 Å². The van der Waals surface area contributed by atoms with Crippen LogP contribution in [0.2, 0.25) is 0 Å². The molecular formula is C16H22Cl3NO11. The molecule has 1 aliphatic heterocycles. The van der Waals surface area contributed by atoms with Crippen molar-refractivity contribution in [3.05, 3.63) is 0 Å². The van der Waals surface area contributed by atoms with E-state index in [1.807, 2.05) is 0 Å². The van der Waals surface area contributed by atoms with Crippen LogP contribution in [0.3, 0.4) is 0 Å². The number of carbonyl (C=O) groups is 5. The molecule has 1 amide bonds. The van der Waals surface area contributed by atoms with Crippen molar-refractivity contribution in [2.45, 2.75) is 62.2 Å². The molecule has 3 N–H and O–H groups in total. The van der Waals surface area contributed by atoms with Crippen LogP contribution in [0, 0.1) is 0 Å². The van der Waals surface area contributed by atoms with E-state index in [9.17, 15) is 29.1 Å². The van der Waals surface area contributed by atoms with E-state index in [0.717, 1.165) is 27.7 Å². The summed E-state index contributed by atoms with van der Waals surface area (Å²) in [7, 11) is 0. The molecule has 12 nitrogen and oxygen atoms in total. The number of aliphatic hydroxyl groups is 1. The van der Waals surface area contributed by atoms with Crippen molar-refractivity contribution in [2.75, 3.05) is 6.61 Å². The minimum Gasteiger partial charge on any atom is -0.463 e. The molecule has 15 heteroatoms. The van der Waals surface area contributed by atoms with Gasteiger partial charge in [0.15, 0.2) is 24.6 Å². The van der Waals surface area contributed by atoms with Gasteiger partial charge in [-0.15, -0.1) is 0 Å². The van der Waals surface area contributed by atoms with Crippen molar-refractivity contribution in [3.8, 4) is 0 Å². The zero-order valence-electron chi connectivity index (χ0n) is 16.8. The maximum absolute atomic E-state index is 11.3. The van der Waals surface area contributed by atoms with Crippen LogP contribution >= 0.6 is 34.8 Å². The molecule has 0 radical (unpaired) electrons. The fourth-order valence-electron chi connectivity index (χ4n) is 2.21. The minimum atomic E-state index is -1.94. The first kappa shape index (κ1) is 29.1. The number of carbonyl (C=O) groups excluding carboxylic acids is 5. The van der Waals surface area contributed by atoms with Gasteiger partial charge in [-0.2, -0.15) is 0 Å². The lowest BCUT2D eigenvalue weighted by Gasteiger charge is -2.42. The van der Waals surface area contributed by atoms with E-state index in [1.54, 1.807) is 0 Å². The molecule has 1 heterocycles. The summed E-state index contributed by atoms with van der Waals surface area (Å²) in [5, 5.41) is 10.0. The lowest BCUT2D eigenvalue weighted by atomic mass is 9.98. The zero-order chi connectivity index (χ0) is 24.5. The number of halogens is 3. The molecule has 1 saturated heterocycles. The molecule has 0 saturated carbocycles. The molecule has 1 rings (SSSR count). The first-order valence-electron chi connectivity index (χ1n) is 8.41. The van der Waals surface area contributed by atoms with Crippen LogP contribution in [0.5, 0.6) is 0 Å². The molecular weight excluding hydrogens is 489 g/mol. The summed E-state index contributed by atoms with van der Waals surface area (Å²) < 4.78 is 23.1. The van der Waals surface area contributed by atoms with Crippen LogP contribution < -0.4 is 5.73 Å². The van der Waals surface area contributed by atoms with Gasteiger partial charge in [-0.1, -0.05) is 34.8 Å². The summed E-state index contributed by atoms with van der Waals surface area (Å²) in [4.78, 5) is 54.7. The van der Waals surface area contributed by atoms with E-state index in [1.165, 1.54) is 0 Å². The Kier molecular flexibility index (Phi) is 12.1. The maximum atomic E-state index is 11.3. The highest BCUT2D eigenvalue weighted by atomic mass is 35.6. The minimum absolute atomic E-state index is 0.366. The standard InChI is InChI=1S/C14H20O10.C2H2Cl3NO/c1-6(15)20-5-10-11(21-7(2)16)12(22-8(3)17)13(14(19)24-10)23-9(4)18;3-2(4,5)1(6)7/h10-14,19H,5H2,1-4H3;(H2,6,7)/t10-,11-,12+,13+,14?;/m1./s1. The SMILES string of the molecule is CC(=O)OC[C@H]1OC(O)[C@@H](OC(C)=O)[C@@H](OC(C)=O)[C@@H]1OC(C)=O.NC(=O)C(Cl)(Cl)Cl. The summed E-state index contributed by atoms with van der Waals surface area (Å²) in [6.45, 7) is 4.09. The van der Waals surface area contributed by atoms with Gasteiger partial charge < -0.3 is 34.5 Å². The van der Waals surface area contributed by atoms with Crippen molar-refractivity contribution in [1.29, 1.82) is 0 Å². The number of nitrogens with two attached hydrogens (primary N) is 1. The van der Waals surface area contributed by atoms with Crippen LogP contribution in [-0.4, -0.2) is 76.0 Å². The van der Waals surface area contributed by atoms with E-state index < -0.39 is 64.3 Å². The number of aliphatic hydroxyl groups excluding tert-OH is 1. The summed E-state index contributed by atoms with van der Waals surface area (Å²) in [6, 6.07) is 0. The number of hydrogen-bond donors (Lipinski definition) is 2. The molecule has 0 aromatic carbocycles. The average molecular weight is 511 g/mol. The van der Waals surface area contributed by atoms with Crippen LogP contribution in [-0.2, 0) is 47.7 Å². The quantitative estimate of drug-likeness (QED) is 0.287. The molecule has 0 aliphatic carbocycles. The molecule has 178 valence electrons. The highest BCUT2D eigenvalue weighted by Crippen LogP contribution is 2.28. The molecule has 0 aromatic heterocycles. The lowest BCUT2D eigenvalue weighted by molar-refractivity contribution is -0.296. The second kappa shape index (κ2) is 12.9. The van der Waals surface area contributed by atoms with Gasteiger partial charge in [-0.25, -0.2) is 0 Å². The first-order chi connectivity index (χ1) is 14.1. The maximum Gasteiger partial charge on any atom is 0.303 e. The number of hydrogen-bond acceptors (Lipinski definition) is 11. The third-order valence-corrected chi connectivity index (χ3v) is 3.80. The second-order valence-electron chi connectivity index (χ2n) is 5.95. The molecule has 1 unspecified atom stereocenters. The highest BCUT2D eigenvalue weighted by molar-refractivity contribution is 6.76. The Morgan fingerprint density at radius 3 is 1.58 bits per heavy atom. The third kappa shape index (κ3) is 11.4. The van der Waals surface area contributed by atoms with Crippen molar-refractivity contribution in [3.63, 3.8) is 0 Å². The van der Waals surface area contributed by atoms with Gasteiger partial charge in [0.25, 0.3) is 9.70 Å². The second-order valence-corrected chi connectivity index (χ2v) is 8.23. The van der Waals surface area contributed by atoms with Gasteiger partial charge >= 0.3 is 23.9 Å². The van der Waals surface area contributed by atoms with Gasteiger partial charge in [-0.05, 0) is 0 Å². The summed E-state index contributed by atoms with van der Waals surface area (Å²) in [5.41, 5.74) is 4.53. The van der Waals surface area contributed by atoms with Crippen molar-refractivity contribution in [1.82, 2.24) is 0 Å². The van der Waals surface area contributed by atoms with Crippen molar-refractivity contribution >= 4 is 64.6 Å². The Morgan fingerprint density at radius 2 is 1.23 bits per heavy atom. The van der Waals surface area contributed by atoms with E-state index in [-0.39, 0.29) is 6.61 Å². The fourth-order valence-corrected chi connectivity index (χ4v) is 2.21. The lowest BCUT2D eigenvalue weighted by Crippen LogP contribution is -2.62. The van der Waals surface area contributed by atoms with Gasteiger partial charge in [0.1, 0.15) is 12.7 Å². The van der Waals surface area contributed by atoms with E-state index >= 15 is 0 Å². The van der Waals surface area contributed by atoms with Crippen LogP contribution in [0.15, 0.2) is 0 Å². The van der Waals surface area contributed by atoms with E-state index in [0.29, 0.717) is 0 Å². The number of ether oxygens (including phenoxy) is 5. The van der Waals surface area contributed by atoms with Crippen LogP contribution in [0.1, 0.15) is 27.7 Å². The Hall–Kier alpha value is -1.86. The monoisotopic (exact) mass is 509 g/mol. The number of amides is 1. The molecule has 1 aliphatic rings. The Balaban J connectivity index is 0.00000110. The number of alkyl halides is 3. The van der Waals surface area contributed by atoms with Crippen molar-refractivity contribution in [2.24, 2.45) is 5.73 Å². The Labute approximate surface area is 192 Å². The average Bonchev–Trinajstić information content (AvgIpc) is 2.57. The molecule has 1 fully saturated rings. The normalized spacial score (nSPS) is 25.2. The number of rotatable bonds is 5. The summed E-state index contributed by atoms with van der Waals surface area (Å²) in [5.74, 6) is -3.83. The molecule has 5 atom stereocenters. The smallest absolute Gasteiger partial charge is 0.303 e. The van der Waals surface area contributed by atoms with Crippen molar-refractivity contribution < 1.29 is 52.8 Å². The number of esters is 4. The van der Waals surface area contributed by atoms with Crippen LogP contribution in [0.4, 0.5) is 0 Å². The highest BCUT2D eigenvalue weighted by Gasteiger charge is 2.51. The van der Waals surface area contributed by atoms with E-state index in [2.05, 4.69) is 5.73 Å². The predicted octanol–water partition coefficient (Wildman–Crippen LogP) is -0.0963. The van der Waals surface area contributed by atoms with E-state index in [4.69, 9.17) is 58.5 Å². The van der Waals surface area contributed by atoms with Gasteiger partial charge in [-0.3, -0.25) is 24.0 Å². The summed E-state index contributed by atoms with van der Waals surface area (Å²) in [6.07, 6.45) is -6.79. The first-order valence-corrected chi connectivity index (χ1v) is 9.54. The van der Waals surface area contributed by atoms with Gasteiger partial charge in [0, 0.05) is 27.7 Å². The molecule has 0 spiro atoms. The van der Waals surface area contributed by atoms with Gasteiger partial charge in [0.05, 0.1) is 0 Å². The Morgan fingerprint density at radius 1 is 0.839 bits per heavy atom. The zero-order valence-corrected chi connectivity index (χ0v) is 19.1. The predicted molar refractivity (Wildman–Crippen MR) is 104 cm³/mol. The Bertz CT molecular complexity index is 682. The number of primary amides is 1. The molecule has 0 aromatic rings. The summed E-state index contributed by atoms with van der Waals surface area (Å²) >= 11 is 14.8. The largest absolute Gasteiger partial charge is 0.463 e.